The van der Waals surface area contributed by atoms with Crippen molar-refractivity contribution in [1.29, 1.82) is 0 Å². The molecule has 6 rings (SSSR count). The Morgan fingerprint density at radius 2 is 1.73 bits per heavy atom. The summed E-state index contributed by atoms with van der Waals surface area (Å²) in [5.41, 5.74) is 4.76. The molecule has 0 amide bonds. The number of alkyl halides is 3. The van der Waals surface area contributed by atoms with Crippen LogP contribution in [0.5, 0.6) is 5.75 Å². The van der Waals surface area contributed by atoms with Gasteiger partial charge in [0.05, 0.1) is 36.9 Å². The molecule has 0 aliphatic carbocycles. The third-order valence-corrected chi connectivity index (χ3v) is 8.17. The first-order valence-electron chi connectivity index (χ1n) is 14.4. The number of carbonyl (C=O) groups excluding carboxylic acids is 1. The van der Waals surface area contributed by atoms with Crippen LogP contribution in [-0.2, 0) is 36.7 Å². The molecular weight excluding hydrogens is 592 g/mol. The molecule has 13 heteroatoms. The van der Waals surface area contributed by atoms with Crippen LogP contribution in [0, 0.1) is 5.82 Å². The molecular formula is C32H30F4N6O3. The monoisotopic (exact) mass is 622 g/mol. The molecule has 0 spiro atoms. The Balaban J connectivity index is 1.62. The molecule has 3 aromatic heterocycles. The van der Waals surface area contributed by atoms with Crippen LogP contribution in [0.15, 0.2) is 48.9 Å². The highest BCUT2D eigenvalue weighted by molar-refractivity contribution is 6.03. The number of hydrogen-bond donors (Lipinski definition) is 0. The number of nitrogens with zero attached hydrogens (tertiary/aromatic N) is 6. The SMILES string of the molecule is CCc1cccc(CC)c1-n1nc2c(c1-c1cc(F)c(OC)c3c1ccn3C(=O)OC)CN(c1ncc(C(F)(F)F)cn1)CC2. The summed E-state index contributed by atoms with van der Waals surface area (Å²) in [6, 6.07) is 9.11. The largest absolute Gasteiger partial charge is 0.492 e. The van der Waals surface area contributed by atoms with Crippen LogP contribution in [0.4, 0.5) is 28.3 Å². The van der Waals surface area contributed by atoms with Crippen molar-refractivity contribution in [2.75, 3.05) is 25.7 Å². The molecule has 1 aliphatic heterocycles. The fraction of sp³-hybridized carbons (Fsp3) is 0.312. The predicted molar refractivity (Wildman–Crippen MR) is 159 cm³/mol. The van der Waals surface area contributed by atoms with Gasteiger partial charge in [-0.1, -0.05) is 32.0 Å². The van der Waals surface area contributed by atoms with Crippen molar-refractivity contribution in [2.45, 2.75) is 45.8 Å². The summed E-state index contributed by atoms with van der Waals surface area (Å²) in [6.45, 7) is 4.72. The van der Waals surface area contributed by atoms with Crippen molar-refractivity contribution in [1.82, 2.24) is 24.3 Å². The molecule has 0 N–H and O–H groups in total. The first-order chi connectivity index (χ1) is 21.6. The van der Waals surface area contributed by atoms with Gasteiger partial charge in [-0.15, -0.1) is 0 Å². The lowest BCUT2D eigenvalue weighted by Gasteiger charge is -2.27. The number of methoxy groups -OCH3 is 2. The molecule has 5 aromatic rings. The number of aryl methyl sites for hydroxylation is 2. The van der Waals surface area contributed by atoms with E-state index in [2.05, 4.69) is 9.97 Å². The fourth-order valence-corrected chi connectivity index (χ4v) is 6.01. The second kappa shape index (κ2) is 11.5. The number of rotatable bonds is 6. The summed E-state index contributed by atoms with van der Waals surface area (Å²) >= 11 is 0. The maximum absolute atomic E-state index is 15.9. The van der Waals surface area contributed by atoms with Gasteiger partial charge in [-0.3, -0.25) is 0 Å². The number of fused-ring (bicyclic) bond motifs is 2. The van der Waals surface area contributed by atoms with Crippen LogP contribution in [0.3, 0.4) is 0 Å². The van der Waals surface area contributed by atoms with E-state index < -0.39 is 23.7 Å². The Hall–Kier alpha value is -4.94. The second-order valence-corrected chi connectivity index (χ2v) is 10.6. The van der Waals surface area contributed by atoms with Crippen LogP contribution in [-0.4, -0.2) is 51.2 Å². The molecule has 0 unspecified atom stereocenters. The number of aromatic nitrogens is 5. The zero-order chi connectivity index (χ0) is 32.0. The van der Waals surface area contributed by atoms with E-state index in [0.717, 1.165) is 40.5 Å². The van der Waals surface area contributed by atoms with E-state index in [4.69, 9.17) is 14.6 Å². The van der Waals surface area contributed by atoms with Gasteiger partial charge in [-0.2, -0.15) is 18.3 Å². The van der Waals surface area contributed by atoms with Gasteiger partial charge in [0, 0.05) is 54.6 Å². The minimum absolute atomic E-state index is 0.118. The molecule has 45 heavy (non-hydrogen) atoms. The van der Waals surface area contributed by atoms with Crippen LogP contribution in [0.25, 0.3) is 27.8 Å². The molecule has 4 heterocycles. The summed E-state index contributed by atoms with van der Waals surface area (Å²) in [6.07, 6.45) is -0.375. The molecule has 234 valence electrons. The van der Waals surface area contributed by atoms with Gasteiger partial charge in [0.25, 0.3) is 0 Å². The van der Waals surface area contributed by atoms with E-state index in [1.165, 1.54) is 31.0 Å². The fourth-order valence-electron chi connectivity index (χ4n) is 6.01. The molecule has 0 saturated heterocycles. The van der Waals surface area contributed by atoms with E-state index in [1.807, 2.05) is 36.7 Å². The minimum Gasteiger partial charge on any atom is -0.492 e. The van der Waals surface area contributed by atoms with Crippen LogP contribution >= 0.6 is 0 Å². The number of benzene rings is 2. The summed E-state index contributed by atoms with van der Waals surface area (Å²) in [7, 11) is 2.56. The Kier molecular flexibility index (Phi) is 7.71. The van der Waals surface area contributed by atoms with Gasteiger partial charge >= 0.3 is 12.3 Å². The number of ether oxygens (including phenoxy) is 2. The van der Waals surface area contributed by atoms with Crippen molar-refractivity contribution in [3.63, 3.8) is 0 Å². The van der Waals surface area contributed by atoms with Crippen molar-refractivity contribution >= 4 is 22.9 Å². The lowest BCUT2D eigenvalue weighted by molar-refractivity contribution is -0.138. The lowest BCUT2D eigenvalue weighted by atomic mass is 9.97. The summed E-state index contributed by atoms with van der Waals surface area (Å²) in [4.78, 5) is 22.5. The summed E-state index contributed by atoms with van der Waals surface area (Å²) < 4.78 is 68.9. The zero-order valence-corrected chi connectivity index (χ0v) is 25.1. The average molecular weight is 623 g/mol. The van der Waals surface area contributed by atoms with Gasteiger partial charge in [0.2, 0.25) is 5.95 Å². The maximum atomic E-state index is 15.9. The standard InChI is InChI=1S/C32H30F4N6O3/c1-5-18-8-7-9-19(6-2)26(18)42-27(22-14-24(33)29(44-3)28-21(22)10-13-41(28)31(43)45-4)23-17-40(12-11-25(23)39-42)30-37-15-20(16-38-30)32(34,35)36/h7-10,13-16H,5-6,11-12,17H2,1-4H3. The van der Waals surface area contributed by atoms with E-state index >= 15 is 4.39 Å². The van der Waals surface area contributed by atoms with Gasteiger partial charge in [0.15, 0.2) is 11.6 Å². The average Bonchev–Trinajstić information content (AvgIpc) is 3.65. The highest BCUT2D eigenvalue weighted by atomic mass is 19.4. The van der Waals surface area contributed by atoms with Crippen molar-refractivity contribution in [3.05, 3.63) is 82.7 Å². The maximum Gasteiger partial charge on any atom is 0.419 e. The zero-order valence-electron chi connectivity index (χ0n) is 25.1. The van der Waals surface area contributed by atoms with Crippen LogP contribution in [0.2, 0.25) is 0 Å². The molecule has 9 nitrogen and oxygen atoms in total. The van der Waals surface area contributed by atoms with Gasteiger partial charge < -0.3 is 14.4 Å². The molecule has 0 atom stereocenters. The smallest absolute Gasteiger partial charge is 0.419 e. The quantitative estimate of drug-likeness (QED) is 0.194. The first kappa shape index (κ1) is 30.1. The Morgan fingerprint density at radius 3 is 2.33 bits per heavy atom. The van der Waals surface area contributed by atoms with E-state index in [-0.39, 0.29) is 23.8 Å². The molecule has 0 radical (unpaired) electrons. The molecule has 0 bridgehead atoms. The molecule has 0 saturated carbocycles. The number of halogens is 4. The van der Waals surface area contributed by atoms with E-state index in [0.29, 0.717) is 42.5 Å². The number of hydrogen-bond acceptors (Lipinski definition) is 7. The van der Waals surface area contributed by atoms with Crippen molar-refractivity contribution in [2.24, 2.45) is 0 Å². The second-order valence-electron chi connectivity index (χ2n) is 10.6. The Bertz CT molecular complexity index is 1890. The van der Waals surface area contributed by atoms with Crippen molar-refractivity contribution in [3.8, 4) is 22.7 Å². The van der Waals surface area contributed by atoms with E-state index in [9.17, 15) is 18.0 Å². The topological polar surface area (TPSA) is 87.3 Å². The lowest BCUT2D eigenvalue weighted by Crippen LogP contribution is -2.31. The first-order valence-corrected chi connectivity index (χ1v) is 14.4. The van der Waals surface area contributed by atoms with Gasteiger partial charge in [-0.05, 0) is 36.1 Å². The highest BCUT2D eigenvalue weighted by Crippen LogP contribution is 2.42. The number of anilines is 1. The van der Waals surface area contributed by atoms with Gasteiger partial charge in [-0.25, -0.2) is 28.4 Å². The molecule has 2 aromatic carbocycles. The Labute approximate surface area is 256 Å². The summed E-state index contributed by atoms with van der Waals surface area (Å²) in [5, 5.41) is 5.60. The number of carbonyl (C=O) groups is 1. The Morgan fingerprint density at radius 1 is 1.04 bits per heavy atom. The van der Waals surface area contributed by atoms with Crippen LogP contribution < -0.4 is 9.64 Å². The number of para-hydroxylation sites is 1. The third-order valence-electron chi connectivity index (χ3n) is 8.17. The van der Waals surface area contributed by atoms with Crippen molar-refractivity contribution < 1.29 is 31.8 Å². The predicted octanol–water partition coefficient (Wildman–Crippen LogP) is 6.75. The van der Waals surface area contributed by atoms with Crippen LogP contribution in [0.1, 0.15) is 41.8 Å². The van der Waals surface area contributed by atoms with Gasteiger partial charge in [0.1, 0.15) is 5.52 Å². The van der Waals surface area contributed by atoms with E-state index in [1.54, 1.807) is 11.0 Å². The summed E-state index contributed by atoms with van der Waals surface area (Å²) in [5.74, 6) is -0.672. The highest BCUT2D eigenvalue weighted by Gasteiger charge is 2.34. The third kappa shape index (κ3) is 5.05. The minimum atomic E-state index is -4.56. The normalized spacial score (nSPS) is 13.3. The molecule has 1 aliphatic rings. The molecule has 0 fully saturated rings.